The van der Waals surface area contributed by atoms with E-state index in [4.69, 9.17) is 10.5 Å². The van der Waals surface area contributed by atoms with Gasteiger partial charge in [0.25, 0.3) is 0 Å². The van der Waals surface area contributed by atoms with Crippen molar-refractivity contribution in [1.29, 1.82) is 0 Å². The zero-order valence-electron chi connectivity index (χ0n) is 11.4. The van der Waals surface area contributed by atoms with E-state index < -0.39 is 0 Å². The van der Waals surface area contributed by atoms with Crippen LogP contribution in [0.25, 0.3) is 0 Å². The normalized spacial score (nSPS) is 29.9. The van der Waals surface area contributed by atoms with E-state index in [2.05, 4.69) is 5.32 Å². The summed E-state index contributed by atoms with van der Waals surface area (Å²) in [6, 6.07) is 0. The standard InChI is InChI=1S/C14H26N2O2/c1-18-14(6-3-7-14)8-13(17)16-10-12-5-2-4-11(12)9-15/h11-12H,2-10,15H2,1H3,(H,16,17). The van der Waals surface area contributed by atoms with E-state index >= 15 is 0 Å². The molecule has 2 aliphatic carbocycles. The second kappa shape index (κ2) is 6.02. The number of carbonyl (C=O) groups is 1. The molecule has 0 aliphatic heterocycles. The van der Waals surface area contributed by atoms with Crippen molar-refractivity contribution in [1.82, 2.24) is 5.32 Å². The maximum absolute atomic E-state index is 11.9. The number of rotatable bonds is 6. The fraction of sp³-hybridized carbons (Fsp3) is 0.929. The molecule has 104 valence electrons. The summed E-state index contributed by atoms with van der Waals surface area (Å²) < 4.78 is 5.48. The molecule has 0 aromatic carbocycles. The van der Waals surface area contributed by atoms with Gasteiger partial charge in [-0.05, 0) is 50.5 Å². The third-order valence-corrected chi connectivity index (χ3v) is 4.86. The van der Waals surface area contributed by atoms with Crippen LogP contribution in [-0.2, 0) is 9.53 Å². The SMILES string of the molecule is COC1(CC(=O)NCC2CCCC2CN)CCC1. The highest BCUT2D eigenvalue weighted by Gasteiger charge is 2.39. The molecule has 3 N–H and O–H groups in total. The van der Waals surface area contributed by atoms with Gasteiger partial charge in [0.05, 0.1) is 12.0 Å². The van der Waals surface area contributed by atoms with Gasteiger partial charge in [-0.25, -0.2) is 0 Å². The summed E-state index contributed by atoms with van der Waals surface area (Å²) in [7, 11) is 1.72. The van der Waals surface area contributed by atoms with E-state index in [0.29, 0.717) is 18.3 Å². The summed E-state index contributed by atoms with van der Waals surface area (Å²) in [5.41, 5.74) is 5.59. The maximum atomic E-state index is 11.9. The van der Waals surface area contributed by atoms with Crippen molar-refractivity contribution < 1.29 is 9.53 Å². The van der Waals surface area contributed by atoms with E-state index in [-0.39, 0.29) is 11.5 Å². The largest absolute Gasteiger partial charge is 0.378 e. The Morgan fingerprint density at radius 2 is 2.06 bits per heavy atom. The Bertz CT molecular complexity index is 284. The molecular weight excluding hydrogens is 228 g/mol. The molecule has 0 aromatic rings. The number of ether oxygens (including phenoxy) is 1. The average Bonchev–Trinajstić information content (AvgIpc) is 2.78. The van der Waals surface area contributed by atoms with Gasteiger partial charge in [0.15, 0.2) is 0 Å². The van der Waals surface area contributed by atoms with Crippen LogP contribution in [0.15, 0.2) is 0 Å². The fourth-order valence-corrected chi connectivity index (χ4v) is 3.32. The molecule has 1 amide bonds. The van der Waals surface area contributed by atoms with Crippen LogP contribution in [0.4, 0.5) is 0 Å². The van der Waals surface area contributed by atoms with Gasteiger partial charge in [0.2, 0.25) is 5.91 Å². The number of amides is 1. The van der Waals surface area contributed by atoms with Gasteiger partial charge in [-0.2, -0.15) is 0 Å². The lowest BCUT2D eigenvalue weighted by atomic mass is 9.77. The van der Waals surface area contributed by atoms with Gasteiger partial charge in [0.1, 0.15) is 0 Å². The predicted octanol–water partition coefficient (Wildman–Crippen LogP) is 1.44. The molecule has 0 aromatic heterocycles. The number of carbonyl (C=O) groups excluding carboxylic acids is 1. The van der Waals surface area contributed by atoms with Crippen molar-refractivity contribution >= 4 is 5.91 Å². The molecule has 18 heavy (non-hydrogen) atoms. The second-order valence-electron chi connectivity index (χ2n) is 5.91. The molecule has 0 spiro atoms. The Balaban J connectivity index is 1.71. The summed E-state index contributed by atoms with van der Waals surface area (Å²) >= 11 is 0. The molecule has 2 aliphatic rings. The van der Waals surface area contributed by atoms with Crippen LogP contribution >= 0.6 is 0 Å². The lowest BCUT2D eigenvalue weighted by Crippen LogP contribution is -2.44. The lowest BCUT2D eigenvalue weighted by molar-refractivity contribution is -0.134. The topological polar surface area (TPSA) is 64.3 Å². The Kier molecular flexibility index (Phi) is 4.62. The zero-order valence-corrected chi connectivity index (χ0v) is 11.4. The first-order chi connectivity index (χ1) is 8.69. The highest BCUT2D eigenvalue weighted by atomic mass is 16.5. The van der Waals surface area contributed by atoms with Gasteiger partial charge in [-0.3, -0.25) is 4.79 Å². The fourth-order valence-electron chi connectivity index (χ4n) is 3.32. The quantitative estimate of drug-likeness (QED) is 0.754. The second-order valence-corrected chi connectivity index (χ2v) is 5.91. The number of methoxy groups -OCH3 is 1. The number of hydrogen-bond acceptors (Lipinski definition) is 3. The molecule has 0 radical (unpaired) electrons. The number of nitrogens with two attached hydrogens (primary N) is 1. The molecule has 4 heteroatoms. The Morgan fingerprint density at radius 1 is 1.33 bits per heavy atom. The summed E-state index contributed by atoms with van der Waals surface area (Å²) in [5.74, 6) is 1.32. The number of nitrogens with one attached hydrogen (secondary N) is 1. The summed E-state index contributed by atoms with van der Waals surface area (Å²) in [6.45, 7) is 1.54. The van der Waals surface area contributed by atoms with Crippen LogP contribution < -0.4 is 11.1 Å². The first kappa shape index (κ1) is 13.8. The molecule has 2 atom stereocenters. The smallest absolute Gasteiger partial charge is 0.222 e. The van der Waals surface area contributed by atoms with E-state index in [1.54, 1.807) is 7.11 Å². The van der Waals surface area contributed by atoms with Gasteiger partial charge >= 0.3 is 0 Å². The molecule has 2 fully saturated rings. The van der Waals surface area contributed by atoms with Crippen LogP contribution in [0.2, 0.25) is 0 Å². The highest BCUT2D eigenvalue weighted by Crippen LogP contribution is 2.38. The van der Waals surface area contributed by atoms with Crippen LogP contribution in [0, 0.1) is 11.8 Å². The van der Waals surface area contributed by atoms with Crippen molar-refractivity contribution in [3.05, 3.63) is 0 Å². The molecule has 2 unspecified atom stereocenters. The minimum Gasteiger partial charge on any atom is -0.378 e. The Hall–Kier alpha value is -0.610. The summed E-state index contributed by atoms with van der Waals surface area (Å²) in [4.78, 5) is 11.9. The van der Waals surface area contributed by atoms with Gasteiger partial charge < -0.3 is 15.8 Å². The summed E-state index contributed by atoms with van der Waals surface area (Å²) in [5, 5.41) is 3.07. The molecule has 2 saturated carbocycles. The van der Waals surface area contributed by atoms with Crippen LogP contribution in [0.1, 0.15) is 44.9 Å². The zero-order chi connectivity index (χ0) is 13.0. The van der Waals surface area contributed by atoms with Crippen molar-refractivity contribution in [2.75, 3.05) is 20.2 Å². The Labute approximate surface area is 110 Å². The van der Waals surface area contributed by atoms with Crippen LogP contribution in [-0.4, -0.2) is 31.7 Å². The predicted molar refractivity (Wildman–Crippen MR) is 71.1 cm³/mol. The van der Waals surface area contributed by atoms with Crippen molar-refractivity contribution in [3.8, 4) is 0 Å². The minimum absolute atomic E-state index is 0.138. The van der Waals surface area contributed by atoms with E-state index in [0.717, 1.165) is 25.9 Å². The van der Waals surface area contributed by atoms with E-state index in [1.807, 2.05) is 0 Å². The van der Waals surface area contributed by atoms with Crippen molar-refractivity contribution in [2.24, 2.45) is 17.6 Å². The first-order valence-electron chi connectivity index (χ1n) is 7.21. The molecular formula is C14H26N2O2. The molecule has 0 heterocycles. The number of hydrogen-bond donors (Lipinski definition) is 2. The van der Waals surface area contributed by atoms with E-state index in [9.17, 15) is 4.79 Å². The first-order valence-corrected chi connectivity index (χ1v) is 7.21. The molecule has 4 nitrogen and oxygen atoms in total. The third kappa shape index (κ3) is 3.04. The minimum atomic E-state index is -0.160. The van der Waals surface area contributed by atoms with Crippen LogP contribution in [0.3, 0.4) is 0 Å². The highest BCUT2D eigenvalue weighted by molar-refractivity contribution is 5.77. The van der Waals surface area contributed by atoms with Gasteiger partial charge in [0, 0.05) is 13.7 Å². The van der Waals surface area contributed by atoms with Gasteiger partial charge in [-0.1, -0.05) is 6.42 Å². The monoisotopic (exact) mass is 254 g/mol. The molecule has 0 saturated heterocycles. The molecule has 2 rings (SSSR count). The summed E-state index contributed by atoms with van der Waals surface area (Å²) in [6.07, 6.45) is 7.42. The van der Waals surface area contributed by atoms with Gasteiger partial charge in [-0.15, -0.1) is 0 Å². The maximum Gasteiger partial charge on any atom is 0.222 e. The lowest BCUT2D eigenvalue weighted by Gasteiger charge is -2.40. The van der Waals surface area contributed by atoms with Crippen LogP contribution in [0.5, 0.6) is 0 Å². The van der Waals surface area contributed by atoms with Crippen molar-refractivity contribution in [2.45, 2.75) is 50.5 Å². The van der Waals surface area contributed by atoms with Crippen molar-refractivity contribution in [3.63, 3.8) is 0 Å². The third-order valence-electron chi connectivity index (χ3n) is 4.86. The average molecular weight is 254 g/mol. The molecule has 0 bridgehead atoms. The Morgan fingerprint density at radius 3 is 2.61 bits per heavy atom. The van der Waals surface area contributed by atoms with E-state index in [1.165, 1.54) is 25.7 Å².